The van der Waals surface area contributed by atoms with E-state index in [-0.39, 0.29) is 17.2 Å². The molecule has 0 radical (unpaired) electrons. The summed E-state index contributed by atoms with van der Waals surface area (Å²) < 4.78 is 0. The number of hydrogen-bond acceptors (Lipinski definition) is 4. The molecule has 0 bridgehead atoms. The SMILES string of the molecule is CC(CNC(=O)[C@@H](N)C(C)(C)C)c1nccs1. The van der Waals surface area contributed by atoms with Crippen LogP contribution in [0.2, 0.25) is 0 Å². The van der Waals surface area contributed by atoms with E-state index in [0.717, 1.165) is 5.01 Å². The van der Waals surface area contributed by atoms with E-state index in [1.165, 1.54) is 0 Å². The number of rotatable bonds is 4. The fraction of sp³-hybridized carbons (Fsp3) is 0.667. The molecule has 0 aliphatic rings. The Morgan fingerprint density at radius 3 is 2.71 bits per heavy atom. The highest BCUT2D eigenvalue weighted by atomic mass is 32.1. The van der Waals surface area contributed by atoms with E-state index < -0.39 is 6.04 Å². The number of nitrogens with two attached hydrogens (primary N) is 1. The normalized spacial score (nSPS) is 15.4. The van der Waals surface area contributed by atoms with Crippen LogP contribution in [0.25, 0.3) is 0 Å². The molecule has 0 aromatic carbocycles. The third kappa shape index (κ3) is 4.09. The first kappa shape index (κ1) is 14.1. The summed E-state index contributed by atoms with van der Waals surface area (Å²) in [6.45, 7) is 8.50. The van der Waals surface area contributed by atoms with Crippen LogP contribution in [0.15, 0.2) is 11.6 Å². The van der Waals surface area contributed by atoms with Crippen molar-refractivity contribution in [1.82, 2.24) is 10.3 Å². The summed E-state index contributed by atoms with van der Waals surface area (Å²) in [6.07, 6.45) is 1.78. The summed E-state index contributed by atoms with van der Waals surface area (Å²) in [6, 6.07) is -0.481. The Kier molecular flexibility index (Phi) is 4.65. The molecule has 96 valence electrons. The van der Waals surface area contributed by atoms with Gasteiger partial charge in [-0.25, -0.2) is 4.98 Å². The summed E-state index contributed by atoms with van der Waals surface area (Å²) >= 11 is 1.60. The Morgan fingerprint density at radius 2 is 2.24 bits per heavy atom. The van der Waals surface area contributed by atoms with Crippen LogP contribution in [0.1, 0.15) is 38.6 Å². The van der Waals surface area contributed by atoms with Gasteiger partial charge in [-0.3, -0.25) is 4.79 Å². The van der Waals surface area contributed by atoms with Crippen LogP contribution in [-0.2, 0) is 4.79 Å². The first-order valence-electron chi connectivity index (χ1n) is 5.75. The van der Waals surface area contributed by atoms with Crippen LogP contribution in [0.3, 0.4) is 0 Å². The fourth-order valence-corrected chi connectivity index (χ4v) is 2.02. The van der Waals surface area contributed by atoms with Gasteiger partial charge in [0.2, 0.25) is 5.91 Å². The van der Waals surface area contributed by atoms with E-state index in [1.54, 1.807) is 17.5 Å². The number of amides is 1. The monoisotopic (exact) mass is 255 g/mol. The lowest BCUT2D eigenvalue weighted by Crippen LogP contribution is -2.49. The van der Waals surface area contributed by atoms with Crippen molar-refractivity contribution in [2.24, 2.45) is 11.1 Å². The predicted molar refractivity (Wildman–Crippen MR) is 71.0 cm³/mol. The Bertz CT molecular complexity index is 356. The molecule has 5 heteroatoms. The molecule has 0 aliphatic heterocycles. The number of thiazole rings is 1. The first-order chi connectivity index (χ1) is 7.82. The number of carbonyl (C=O) groups excluding carboxylic acids is 1. The number of aromatic nitrogens is 1. The lowest BCUT2D eigenvalue weighted by atomic mass is 9.87. The maximum absolute atomic E-state index is 11.8. The van der Waals surface area contributed by atoms with Crippen LogP contribution in [0.4, 0.5) is 0 Å². The molecule has 0 saturated heterocycles. The van der Waals surface area contributed by atoms with Gasteiger partial charge in [0.15, 0.2) is 0 Å². The molecule has 1 unspecified atom stereocenters. The van der Waals surface area contributed by atoms with Crippen molar-refractivity contribution in [2.45, 2.75) is 39.7 Å². The molecule has 2 atom stereocenters. The summed E-state index contributed by atoms with van der Waals surface area (Å²) in [4.78, 5) is 16.0. The topological polar surface area (TPSA) is 68.0 Å². The zero-order valence-corrected chi connectivity index (χ0v) is 11.7. The molecule has 1 amide bonds. The van der Waals surface area contributed by atoms with Crippen LogP contribution in [-0.4, -0.2) is 23.5 Å². The van der Waals surface area contributed by atoms with Crippen molar-refractivity contribution in [3.8, 4) is 0 Å². The minimum Gasteiger partial charge on any atom is -0.354 e. The minimum atomic E-state index is -0.481. The summed E-state index contributed by atoms with van der Waals surface area (Å²) in [5.41, 5.74) is 5.66. The lowest BCUT2D eigenvalue weighted by Gasteiger charge is -2.26. The number of hydrogen-bond donors (Lipinski definition) is 2. The number of nitrogens with zero attached hydrogens (tertiary/aromatic N) is 1. The molecule has 1 aromatic rings. The molecule has 0 fully saturated rings. The maximum Gasteiger partial charge on any atom is 0.237 e. The van der Waals surface area contributed by atoms with E-state index in [1.807, 2.05) is 33.1 Å². The van der Waals surface area contributed by atoms with E-state index in [9.17, 15) is 4.79 Å². The van der Waals surface area contributed by atoms with Gasteiger partial charge >= 0.3 is 0 Å². The third-order valence-corrected chi connectivity index (χ3v) is 3.68. The largest absolute Gasteiger partial charge is 0.354 e. The second-order valence-corrected chi connectivity index (χ2v) is 6.29. The molecular weight excluding hydrogens is 234 g/mol. The molecule has 4 nitrogen and oxygen atoms in total. The van der Waals surface area contributed by atoms with Gasteiger partial charge in [-0.1, -0.05) is 27.7 Å². The van der Waals surface area contributed by atoms with E-state index >= 15 is 0 Å². The average Bonchev–Trinajstić information content (AvgIpc) is 2.76. The van der Waals surface area contributed by atoms with Crippen molar-refractivity contribution < 1.29 is 4.79 Å². The van der Waals surface area contributed by atoms with Gasteiger partial charge in [-0.15, -0.1) is 11.3 Å². The molecule has 17 heavy (non-hydrogen) atoms. The molecule has 0 saturated carbocycles. The van der Waals surface area contributed by atoms with Gasteiger partial charge in [0.05, 0.1) is 11.0 Å². The van der Waals surface area contributed by atoms with E-state index in [2.05, 4.69) is 10.3 Å². The van der Waals surface area contributed by atoms with Crippen LogP contribution in [0, 0.1) is 5.41 Å². The van der Waals surface area contributed by atoms with Crippen molar-refractivity contribution >= 4 is 17.2 Å². The second-order valence-electron chi connectivity index (χ2n) is 5.36. The van der Waals surface area contributed by atoms with E-state index in [4.69, 9.17) is 5.73 Å². The fourth-order valence-electron chi connectivity index (χ4n) is 1.32. The molecule has 0 aliphatic carbocycles. The van der Waals surface area contributed by atoms with Crippen molar-refractivity contribution in [1.29, 1.82) is 0 Å². The molecule has 1 heterocycles. The second kappa shape index (κ2) is 5.60. The van der Waals surface area contributed by atoms with Gasteiger partial charge in [-0.05, 0) is 5.41 Å². The number of carbonyl (C=O) groups is 1. The van der Waals surface area contributed by atoms with Gasteiger partial charge < -0.3 is 11.1 Å². The standard InChI is InChI=1S/C12H21N3OS/c1-8(11-14-5-6-17-11)7-15-10(16)9(13)12(2,3)4/h5-6,8-9H,7,13H2,1-4H3,(H,15,16)/t8?,9-/m1/s1. The Morgan fingerprint density at radius 1 is 1.59 bits per heavy atom. The van der Waals surface area contributed by atoms with Gasteiger partial charge in [0, 0.05) is 24.0 Å². The summed E-state index contributed by atoms with van der Waals surface area (Å²) in [7, 11) is 0. The van der Waals surface area contributed by atoms with Crippen LogP contribution in [0.5, 0.6) is 0 Å². The zero-order chi connectivity index (χ0) is 13.1. The van der Waals surface area contributed by atoms with Crippen LogP contribution >= 0.6 is 11.3 Å². The predicted octanol–water partition coefficient (Wildman–Crippen LogP) is 1.74. The van der Waals surface area contributed by atoms with E-state index in [0.29, 0.717) is 6.54 Å². The summed E-state index contributed by atoms with van der Waals surface area (Å²) in [5, 5.41) is 5.86. The molecule has 3 N–H and O–H groups in total. The average molecular weight is 255 g/mol. The Labute approximate surface area is 107 Å². The molecule has 1 rings (SSSR count). The van der Waals surface area contributed by atoms with Crippen molar-refractivity contribution in [2.75, 3.05) is 6.54 Å². The molecule has 0 spiro atoms. The third-order valence-electron chi connectivity index (χ3n) is 2.67. The van der Waals surface area contributed by atoms with Crippen molar-refractivity contribution in [3.05, 3.63) is 16.6 Å². The molecular formula is C12H21N3OS. The smallest absolute Gasteiger partial charge is 0.237 e. The highest BCUT2D eigenvalue weighted by Gasteiger charge is 2.27. The first-order valence-corrected chi connectivity index (χ1v) is 6.63. The molecule has 1 aromatic heterocycles. The van der Waals surface area contributed by atoms with Crippen molar-refractivity contribution in [3.63, 3.8) is 0 Å². The minimum absolute atomic E-state index is 0.0964. The van der Waals surface area contributed by atoms with Gasteiger partial charge in [-0.2, -0.15) is 0 Å². The highest BCUT2D eigenvalue weighted by Crippen LogP contribution is 2.19. The Hall–Kier alpha value is -0.940. The quantitative estimate of drug-likeness (QED) is 0.861. The highest BCUT2D eigenvalue weighted by molar-refractivity contribution is 7.09. The lowest BCUT2D eigenvalue weighted by molar-refractivity contribution is -0.124. The van der Waals surface area contributed by atoms with Crippen LogP contribution < -0.4 is 11.1 Å². The van der Waals surface area contributed by atoms with Gasteiger partial charge in [0.1, 0.15) is 0 Å². The Balaban J connectivity index is 2.44. The zero-order valence-electron chi connectivity index (χ0n) is 10.9. The number of nitrogens with one attached hydrogen (secondary N) is 1. The van der Waals surface area contributed by atoms with Gasteiger partial charge in [0.25, 0.3) is 0 Å². The maximum atomic E-state index is 11.8. The summed E-state index contributed by atoms with van der Waals surface area (Å²) in [5.74, 6) is 0.132.